The maximum atomic E-state index is 11.6. The standard InChI is InChI=1S/C13H24N2O3/c16-10-11-18-13(17)15-8-4-12(5-9-15)14-6-2-1-3-7-14/h12,16H,1-11H2. The van der Waals surface area contributed by atoms with Crippen LogP contribution in [0.25, 0.3) is 0 Å². The number of nitrogens with zero attached hydrogens (tertiary/aromatic N) is 2. The third-order valence-corrected chi connectivity index (χ3v) is 3.95. The molecule has 2 fully saturated rings. The Morgan fingerprint density at radius 3 is 2.39 bits per heavy atom. The number of likely N-dealkylation sites (tertiary alicyclic amines) is 2. The molecule has 18 heavy (non-hydrogen) atoms. The lowest BCUT2D eigenvalue weighted by molar-refractivity contribution is 0.0575. The van der Waals surface area contributed by atoms with Gasteiger partial charge in [0, 0.05) is 19.1 Å². The summed E-state index contributed by atoms with van der Waals surface area (Å²) in [5.41, 5.74) is 0. The van der Waals surface area contributed by atoms with Crippen molar-refractivity contribution in [1.29, 1.82) is 0 Å². The fraction of sp³-hybridized carbons (Fsp3) is 0.923. The SMILES string of the molecule is O=C(OCCO)N1CCC(N2CCCCC2)CC1. The van der Waals surface area contributed by atoms with Crippen molar-refractivity contribution < 1.29 is 14.6 Å². The average molecular weight is 256 g/mol. The Hall–Kier alpha value is -0.810. The second-order valence-electron chi connectivity index (χ2n) is 5.15. The van der Waals surface area contributed by atoms with E-state index in [1.54, 1.807) is 4.90 Å². The van der Waals surface area contributed by atoms with Gasteiger partial charge in [-0.1, -0.05) is 6.42 Å². The van der Waals surface area contributed by atoms with E-state index in [0.29, 0.717) is 6.04 Å². The largest absolute Gasteiger partial charge is 0.447 e. The highest BCUT2D eigenvalue weighted by Crippen LogP contribution is 2.21. The molecular weight excluding hydrogens is 232 g/mol. The predicted molar refractivity (Wildman–Crippen MR) is 68.5 cm³/mol. The second-order valence-corrected chi connectivity index (χ2v) is 5.15. The average Bonchev–Trinajstić information content (AvgIpc) is 2.46. The molecule has 2 heterocycles. The molecule has 1 amide bonds. The minimum Gasteiger partial charge on any atom is -0.447 e. The zero-order chi connectivity index (χ0) is 12.8. The summed E-state index contributed by atoms with van der Waals surface area (Å²) in [5, 5.41) is 8.62. The molecule has 0 atom stereocenters. The van der Waals surface area contributed by atoms with Crippen molar-refractivity contribution in [2.75, 3.05) is 39.4 Å². The molecule has 5 nitrogen and oxygen atoms in total. The molecule has 2 saturated heterocycles. The molecule has 104 valence electrons. The Labute approximate surface area is 109 Å². The van der Waals surface area contributed by atoms with E-state index >= 15 is 0 Å². The van der Waals surface area contributed by atoms with Crippen LogP contribution in [0.3, 0.4) is 0 Å². The van der Waals surface area contributed by atoms with Crippen LogP contribution in [-0.4, -0.2) is 66.4 Å². The topological polar surface area (TPSA) is 53.0 Å². The van der Waals surface area contributed by atoms with Crippen LogP contribution in [0.1, 0.15) is 32.1 Å². The number of carbonyl (C=O) groups is 1. The lowest BCUT2D eigenvalue weighted by Crippen LogP contribution is -2.48. The van der Waals surface area contributed by atoms with Crippen LogP contribution >= 0.6 is 0 Å². The van der Waals surface area contributed by atoms with Gasteiger partial charge < -0.3 is 19.6 Å². The molecule has 0 aromatic rings. The zero-order valence-corrected chi connectivity index (χ0v) is 11.0. The van der Waals surface area contributed by atoms with Crippen LogP contribution in [-0.2, 0) is 4.74 Å². The summed E-state index contributed by atoms with van der Waals surface area (Å²) >= 11 is 0. The van der Waals surface area contributed by atoms with Crippen molar-refractivity contribution in [2.45, 2.75) is 38.1 Å². The number of rotatable bonds is 3. The number of hydrogen-bond acceptors (Lipinski definition) is 4. The first-order valence-corrected chi connectivity index (χ1v) is 7.08. The van der Waals surface area contributed by atoms with Gasteiger partial charge in [0.25, 0.3) is 0 Å². The van der Waals surface area contributed by atoms with E-state index in [4.69, 9.17) is 9.84 Å². The third-order valence-electron chi connectivity index (χ3n) is 3.95. The van der Waals surface area contributed by atoms with Gasteiger partial charge in [-0.05, 0) is 38.8 Å². The van der Waals surface area contributed by atoms with Gasteiger partial charge in [-0.3, -0.25) is 0 Å². The summed E-state index contributed by atoms with van der Waals surface area (Å²) in [4.78, 5) is 16.0. The highest BCUT2D eigenvalue weighted by Gasteiger charge is 2.27. The van der Waals surface area contributed by atoms with Crippen molar-refractivity contribution in [3.05, 3.63) is 0 Å². The second kappa shape index (κ2) is 6.95. The summed E-state index contributed by atoms with van der Waals surface area (Å²) < 4.78 is 4.93. The van der Waals surface area contributed by atoms with Gasteiger partial charge in [-0.15, -0.1) is 0 Å². The van der Waals surface area contributed by atoms with Gasteiger partial charge >= 0.3 is 6.09 Å². The summed E-state index contributed by atoms with van der Waals surface area (Å²) in [6.45, 7) is 4.01. The van der Waals surface area contributed by atoms with E-state index in [-0.39, 0.29) is 19.3 Å². The van der Waals surface area contributed by atoms with Crippen molar-refractivity contribution in [1.82, 2.24) is 9.80 Å². The molecule has 1 N–H and O–H groups in total. The number of aliphatic hydroxyl groups is 1. The third kappa shape index (κ3) is 3.59. The van der Waals surface area contributed by atoms with Gasteiger partial charge in [0.1, 0.15) is 6.61 Å². The van der Waals surface area contributed by atoms with Crippen LogP contribution < -0.4 is 0 Å². The molecule has 0 aliphatic carbocycles. The number of hydrogen-bond donors (Lipinski definition) is 1. The van der Waals surface area contributed by atoms with Gasteiger partial charge in [-0.2, -0.15) is 0 Å². The van der Waals surface area contributed by atoms with Crippen LogP contribution in [0.5, 0.6) is 0 Å². The molecule has 0 spiro atoms. The Bertz CT molecular complexity index is 259. The molecule has 0 aromatic heterocycles. The molecule has 5 heteroatoms. The molecule has 2 aliphatic rings. The molecule has 2 rings (SSSR count). The van der Waals surface area contributed by atoms with Crippen molar-refractivity contribution >= 4 is 6.09 Å². The maximum absolute atomic E-state index is 11.6. The summed E-state index contributed by atoms with van der Waals surface area (Å²) in [6, 6.07) is 0.646. The molecule has 0 unspecified atom stereocenters. The Kier molecular flexibility index (Phi) is 5.26. The molecule has 0 aromatic carbocycles. The van der Waals surface area contributed by atoms with Gasteiger partial charge in [0.15, 0.2) is 0 Å². The Morgan fingerprint density at radius 2 is 1.78 bits per heavy atom. The summed E-state index contributed by atoms with van der Waals surface area (Å²) in [6.07, 6.45) is 5.82. The lowest BCUT2D eigenvalue weighted by Gasteiger charge is -2.39. The van der Waals surface area contributed by atoms with E-state index < -0.39 is 0 Å². The summed E-state index contributed by atoms with van der Waals surface area (Å²) in [7, 11) is 0. The number of ether oxygens (including phenoxy) is 1. The fourth-order valence-electron chi connectivity index (χ4n) is 2.92. The van der Waals surface area contributed by atoms with Crippen molar-refractivity contribution in [3.8, 4) is 0 Å². The normalized spacial score (nSPS) is 23.1. The van der Waals surface area contributed by atoms with E-state index in [9.17, 15) is 4.79 Å². The highest BCUT2D eigenvalue weighted by molar-refractivity contribution is 5.67. The molecule has 0 bridgehead atoms. The quantitative estimate of drug-likeness (QED) is 0.820. The molecule has 0 radical (unpaired) electrons. The monoisotopic (exact) mass is 256 g/mol. The molecule has 2 aliphatic heterocycles. The van der Waals surface area contributed by atoms with Gasteiger partial charge in [-0.25, -0.2) is 4.79 Å². The minimum absolute atomic E-state index is 0.101. The van der Waals surface area contributed by atoms with Gasteiger partial charge in [0.05, 0.1) is 6.61 Å². The number of aliphatic hydroxyl groups excluding tert-OH is 1. The first-order chi connectivity index (χ1) is 8.81. The first-order valence-electron chi connectivity index (χ1n) is 7.08. The zero-order valence-electron chi connectivity index (χ0n) is 11.0. The van der Waals surface area contributed by atoms with E-state index in [1.165, 1.54) is 32.4 Å². The molecule has 0 saturated carbocycles. The Balaban J connectivity index is 1.71. The van der Waals surface area contributed by atoms with E-state index in [0.717, 1.165) is 25.9 Å². The fourth-order valence-corrected chi connectivity index (χ4v) is 2.92. The Morgan fingerprint density at radius 1 is 1.11 bits per heavy atom. The number of piperidine rings is 2. The number of amides is 1. The van der Waals surface area contributed by atoms with E-state index in [1.807, 2.05) is 0 Å². The van der Waals surface area contributed by atoms with Crippen LogP contribution in [0.15, 0.2) is 0 Å². The minimum atomic E-state index is -0.277. The van der Waals surface area contributed by atoms with Crippen LogP contribution in [0.4, 0.5) is 4.79 Å². The molecular formula is C13H24N2O3. The lowest BCUT2D eigenvalue weighted by atomic mass is 10.0. The smallest absolute Gasteiger partial charge is 0.409 e. The van der Waals surface area contributed by atoms with E-state index in [2.05, 4.69) is 4.90 Å². The van der Waals surface area contributed by atoms with Gasteiger partial charge in [0.2, 0.25) is 0 Å². The van der Waals surface area contributed by atoms with Crippen LogP contribution in [0.2, 0.25) is 0 Å². The van der Waals surface area contributed by atoms with Crippen LogP contribution in [0, 0.1) is 0 Å². The number of carbonyl (C=O) groups excluding carboxylic acids is 1. The predicted octanol–water partition coefficient (Wildman–Crippen LogP) is 1.07. The van der Waals surface area contributed by atoms with Crippen molar-refractivity contribution in [2.24, 2.45) is 0 Å². The highest BCUT2D eigenvalue weighted by atomic mass is 16.6. The van der Waals surface area contributed by atoms with Crippen molar-refractivity contribution in [3.63, 3.8) is 0 Å². The maximum Gasteiger partial charge on any atom is 0.409 e. The first kappa shape index (κ1) is 13.6. The summed E-state index contributed by atoms with van der Waals surface area (Å²) in [5.74, 6) is 0.